The molecule has 5 nitrogen and oxygen atoms in total. The van der Waals surface area contributed by atoms with E-state index in [-0.39, 0.29) is 16.9 Å². The van der Waals surface area contributed by atoms with Gasteiger partial charge in [0.15, 0.2) is 0 Å². The van der Waals surface area contributed by atoms with E-state index in [4.69, 9.17) is 16.7 Å². The first-order valence-electron chi connectivity index (χ1n) is 5.96. The summed E-state index contributed by atoms with van der Waals surface area (Å²) < 4.78 is 27.1. The second-order valence-corrected chi connectivity index (χ2v) is 6.38. The van der Waals surface area contributed by atoms with Gasteiger partial charge < -0.3 is 5.11 Å². The van der Waals surface area contributed by atoms with Gasteiger partial charge in [0.25, 0.3) is 10.0 Å². The Balaban J connectivity index is 2.35. The van der Waals surface area contributed by atoms with E-state index in [1.54, 1.807) is 24.3 Å². The fourth-order valence-electron chi connectivity index (χ4n) is 1.80. The molecule has 0 saturated carbocycles. The van der Waals surface area contributed by atoms with Crippen molar-refractivity contribution in [2.45, 2.75) is 11.3 Å². The lowest BCUT2D eigenvalue weighted by molar-refractivity contribution is -0.136. The standard InChI is InChI=1S/C14H12ClNO4S/c15-11-5-7-12(8-6-11)16-21(19,20)13-4-2-1-3-10(13)9-14(17)18/h1-8,16H,9H2,(H,17,18). The number of aliphatic carboxylic acids is 1. The Morgan fingerprint density at radius 1 is 1.10 bits per heavy atom. The number of halogens is 1. The predicted octanol–water partition coefficient (Wildman–Crippen LogP) is 2.77. The molecule has 0 aliphatic heterocycles. The van der Waals surface area contributed by atoms with Crippen LogP contribution in [0.1, 0.15) is 5.56 Å². The zero-order chi connectivity index (χ0) is 15.5. The molecule has 0 spiro atoms. The van der Waals surface area contributed by atoms with Crippen molar-refractivity contribution in [3.63, 3.8) is 0 Å². The second-order valence-electron chi connectivity index (χ2n) is 4.29. The summed E-state index contributed by atoms with van der Waals surface area (Å²) >= 11 is 5.74. The third-order valence-corrected chi connectivity index (χ3v) is 4.43. The molecule has 2 rings (SSSR count). The van der Waals surface area contributed by atoms with Crippen molar-refractivity contribution in [2.24, 2.45) is 0 Å². The highest BCUT2D eigenvalue weighted by Crippen LogP contribution is 2.21. The molecule has 110 valence electrons. The lowest BCUT2D eigenvalue weighted by Gasteiger charge is -2.11. The lowest BCUT2D eigenvalue weighted by Crippen LogP contribution is -2.16. The first-order valence-corrected chi connectivity index (χ1v) is 7.83. The molecule has 21 heavy (non-hydrogen) atoms. The summed E-state index contributed by atoms with van der Waals surface area (Å²) in [6, 6.07) is 12.2. The van der Waals surface area contributed by atoms with Crippen LogP contribution in [-0.2, 0) is 21.2 Å². The SMILES string of the molecule is O=C(O)Cc1ccccc1S(=O)(=O)Nc1ccc(Cl)cc1. The van der Waals surface area contributed by atoms with E-state index in [1.165, 1.54) is 24.3 Å². The molecule has 0 bridgehead atoms. The number of carbonyl (C=O) groups is 1. The predicted molar refractivity (Wildman–Crippen MR) is 80.0 cm³/mol. The Bertz CT molecular complexity index is 757. The van der Waals surface area contributed by atoms with Crippen LogP contribution in [0.3, 0.4) is 0 Å². The van der Waals surface area contributed by atoms with E-state index >= 15 is 0 Å². The van der Waals surface area contributed by atoms with Gasteiger partial charge in [-0.15, -0.1) is 0 Å². The van der Waals surface area contributed by atoms with Gasteiger partial charge in [0.2, 0.25) is 0 Å². The highest BCUT2D eigenvalue weighted by molar-refractivity contribution is 7.92. The van der Waals surface area contributed by atoms with Crippen molar-refractivity contribution in [1.29, 1.82) is 0 Å². The fraction of sp³-hybridized carbons (Fsp3) is 0.0714. The summed E-state index contributed by atoms with van der Waals surface area (Å²) in [5.41, 5.74) is 0.580. The zero-order valence-corrected chi connectivity index (χ0v) is 12.4. The largest absolute Gasteiger partial charge is 0.481 e. The molecule has 2 aromatic rings. The number of benzene rings is 2. The molecule has 0 amide bonds. The average molecular weight is 326 g/mol. The molecule has 0 aromatic heterocycles. The van der Waals surface area contributed by atoms with Crippen molar-refractivity contribution in [1.82, 2.24) is 0 Å². The van der Waals surface area contributed by atoms with E-state index in [0.717, 1.165) is 0 Å². The van der Waals surface area contributed by atoms with E-state index in [9.17, 15) is 13.2 Å². The Morgan fingerprint density at radius 2 is 1.71 bits per heavy atom. The van der Waals surface area contributed by atoms with Gasteiger partial charge in [-0.2, -0.15) is 0 Å². The summed E-state index contributed by atoms with van der Waals surface area (Å²) in [6.07, 6.45) is -0.363. The smallest absolute Gasteiger partial charge is 0.307 e. The summed E-state index contributed by atoms with van der Waals surface area (Å²) in [5.74, 6) is -1.09. The fourth-order valence-corrected chi connectivity index (χ4v) is 3.23. The van der Waals surface area contributed by atoms with Gasteiger partial charge in [-0.3, -0.25) is 9.52 Å². The number of anilines is 1. The number of sulfonamides is 1. The molecular formula is C14H12ClNO4S. The van der Waals surface area contributed by atoms with Crippen molar-refractivity contribution < 1.29 is 18.3 Å². The molecule has 0 aliphatic carbocycles. The van der Waals surface area contributed by atoms with Gasteiger partial charge in [0, 0.05) is 10.7 Å². The number of carboxylic acid groups (broad SMARTS) is 1. The minimum Gasteiger partial charge on any atom is -0.481 e. The molecule has 0 heterocycles. The number of carboxylic acids is 1. The topological polar surface area (TPSA) is 83.5 Å². The monoisotopic (exact) mass is 325 g/mol. The van der Waals surface area contributed by atoms with Crippen LogP contribution in [-0.4, -0.2) is 19.5 Å². The van der Waals surface area contributed by atoms with Crippen LogP contribution in [0.25, 0.3) is 0 Å². The maximum Gasteiger partial charge on any atom is 0.307 e. The van der Waals surface area contributed by atoms with Crippen LogP contribution >= 0.6 is 11.6 Å². The van der Waals surface area contributed by atoms with Gasteiger partial charge in [0.05, 0.1) is 11.3 Å². The Morgan fingerprint density at radius 3 is 2.33 bits per heavy atom. The number of hydrogen-bond acceptors (Lipinski definition) is 3. The maximum atomic E-state index is 12.4. The van der Waals surface area contributed by atoms with Crippen LogP contribution in [0.4, 0.5) is 5.69 Å². The number of rotatable bonds is 5. The molecule has 2 N–H and O–H groups in total. The number of hydrogen-bond donors (Lipinski definition) is 2. The van der Waals surface area contributed by atoms with Crippen LogP contribution in [0, 0.1) is 0 Å². The van der Waals surface area contributed by atoms with E-state index < -0.39 is 16.0 Å². The summed E-state index contributed by atoms with van der Waals surface area (Å²) in [5, 5.41) is 9.34. The Kier molecular flexibility index (Phi) is 4.50. The molecule has 7 heteroatoms. The van der Waals surface area contributed by atoms with Crippen LogP contribution < -0.4 is 4.72 Å². The molecule has 0 radical (unpaired) electrons. The van der Waals surface area contributed by atoms with Gasteiger partial charge in [-0.1, -0.05) is 29.8 Å². The highest BCUT2D eigenvalue weighted by atomic mass is 35.5. The third kappa shape index (κ3) is 3.96. The molecule has 0 aliphatic rings. The van der Waals surface area contributed by atoms with Gasteiger partial charge in [-0.05, 0) is 35.9 Å². The first-order chi connectivity index (χ1) is 9.88. The lowest BCUT2D eigenvalue weighted by atomic mass is 10.1. The zero-order valence-electron chi connectivity index (χ0n) is 10.8. The quantitative estimate of drug-likeness (QED) is 0.885. The summed E-state index contributed by atoms with van der Waals surface area (Å²) in [6.45, 7) is 0. The van der Waals surface area contributed by atoms with Crippen molar-refractivity contribution in [3.8, 4) is 0 Å². The Labute approximate surface area is 127 Å². The normalized spacial score (nSPS) is 11.1. The Hall–Kier alpha value is -2.05. The van der Waals surface area contributed by atoms with E-state index in [0.29, 0.717) is 10.7 Å². The molecule has 2 aromatic carbocycles. The van der Waals surface area contributed by atoms with Gasteiger partial charge in [-0.25, -0.2) is 8.42 Å². The first kappa shape index (κ1) is 15.3. The minimum atomic E-state index is -3.86. The minimum absolute atomic E-state index is 0.0534. The number of nitrogens with one attached hydrogen (secondary N) is 1. The molecule has 0 atom stereocenters. The maximum absolute atomic E-state index is 12.4. The van der Waals surface area contributed by atoms with Crippen molar-refractivity contribution >= 4 is 33.3 Å². The molecular weight excluding hydrogens is 314 g/mol. The van der Waals surface area contributed by atoms with Crippen LogP contribution in [0.2, 0.25) is 5.02 Å². The highest BCUT2D eigenvalue weighted by Gasteiger charge is 2.19. The molecule has 0 fully saturated rings. The van der Waals surface area contributed by atoms with E-state index in [2.05, 4.69) is 4.72 Å². The summed E-state index contributed by atoms with van der Waals surface area (Å²) in [7, 11) is -3.86. The average Bonchev–Trinajstić information content (AvgIpc) is 2.41. The van der Waals surface area contributed by atoms with E-state index in [1.807, 2.05) is 0 Å². The second kappa shape index (κ2) is 6.15. The van der Waals surface area contributed by atoms with Crippen molar-refractivity contribution in [2.75, 3.05) is 4.72 Å². The molecule has 0 saturated heterocycles. The van der Waals surface area contributed by atoms with Crippen LogP contribution in [0.5, 0.6) is 0 Å². The van der Waals surface area contributed by atoms with Crippen LogP contribution in [0.15, 0.2) is 53.4 Å². The summed E-state index contributed by atoms with van der Waals surface area (Å²) in [4.78, 5) is 10.8. The third-order valence-electron chi connectivity index (χ3n) is 2.70. The van der Waals surface area contributed by atoms with Crippen molar-refractivity contribution in [3.05, 3.63) is 59.1 Å². The molecule has 0 unspecified atom stereocenters. The van der Waals surface area contributed by atoms with Gasteiger partial charge >= 0.3 is 5.97 Å². The van der Waals surface area contributed by atoms with Gasteiger partial charge in [0.1, 0.15) is 0 Å².